The molecule has 0 bridgehead atoms. The Balaban J connectivity index is 2.00. The summed E-state index contributed by atoms with van der Waals surface area (Å²) in [4.78, 5) is 2.52. The molecule has 4 nitrogen and oxygen atoms in total. The maximum atomic E-state index is 5.58. The van der Waals surface area contributed by atoms with Gasteiger partial charge in [0, 0.05) is 17.5 Å². The summed E-state index contributed by atoms with van der Waals surface area (Å²) in [6, 6.07) is 2.11. The van der Waals surface area contributed by atoms with E-state index in [1.54, 1.807) is 7.11 Å². The quantitative estimate of drug-likeness (QED) is 0.921. The molecule has 102 valence electrons. The number of nitrogens with one attached hydrogen (secondary N) is 1. The number of piperidine rings is 1. The molecule has 0 spiro atoms. The van der Waals surface area contributed by atoms with Gasteiger partial charge in [-0.25, -0.2) is 0 Å². The number of hydrogen-bond donors (Lipinski definition) is 1. The van der Waals surface area contributed by atoms with Crippen LogP contribution in [0.15, 0.2) is 12.3 Å². The first kappa shape index (κ1) is 12.5. The predicted molar refractivity (Wildman–Crippen MR) is 76.5 cm³/mol. The molecule has 0 aliphatic carbocycles. The molecule has 19 heavy (non-hydrogen) atoms. The first-order chi connectivity index (χ1) is 9.29. The number of rotatable bonds is 3. The molecule has 1 saturated heterocycles. The van der Waals surface area contributed by atoms with Crippen LogP contribution in [0.2, 0.25) is 0 Å². The van der Waals surface area contributed by atoms with E-state index in [0.717, 1.165) is 17.8 Å². The zero-order chi connectivity index (χ0) is 13.2. The van der Waals surface area contributed by atoms with Crippen LogP contribution in [0.4, 0.5) is 0 Å². The van der Waals surface area contributed by atoms with Gasteiger partial charge in [0.2, 0.25) is 0 Å². The number of ether oxygens (including phenoxy) is 1. The van der Waals surface area contributed by atoms with E-state index in [1.165, 1.54) is 48.9 Å². The van der Waals surface area contributed by atoms with Crippen LogP contribution in [0.3, 0.4) is 0 Å². The number of fused-ring (bicyclic) bond motifs is 1. The second kappa shape index (κ2) is 5.21. The summed E-state index contributed by atoms with van der Waals surface area (Å²) < 4.78 is 5.58. The smallest absolute Gasteiger partial charge is 0.124 e. The van der Waals surface area contributed by atoms with Crippen molar-refractivity contribution in [1.82, 2.24) is 15.1 Å². The van der Waals surface area contributed by atoms with Crippen molar-refractivity contribution in [3.8, 4) is 5.75 Å². The number of likely N-dealkylation sites (tertiary alicyclic amines) is 1. The summed E-state index contributed by atoms with van der Waals surface area (Å²) in [5, 5.41) is 8.48. The summed E-state index contributed by atoms with van der Waals surface area (Å²) in [5.74, 6) is 0.983. The molecule has 1 aliphatic heterocycles. The zero-order valence-corrected chi connectivity index (χ0v) is 11.7. The lowest BCUT2D eigenvalue weighted by Crippen LogP contribution is -2.29. The Morgan fingerprint density at radius 2 is 2.11 bits per heavy atom. The molecule has 1 aromatic heterocycles. The second-order valence-electron chi connectivity index (χ2n) is 5.37. The van der Waals surface area contributed by atoms with Crippen molar-refractivity contribution >= 4 is 10.9 Å². The molecule has 2 heterocycles. The molecule has 3 rings (SSSR count). The fourth-order valence-corrected chi connectivity index (χ4v) is 2.99. The standard InChI is InChI=1S/C15H21N3O/c1-11-8-14(19-2)13(12-9-16-17-15(11)12)10-18-6-4-3-5-7-18/h8-9H,3-7,10H2,1-2H3,(H,16,17). The molecular formula is C15H21N3O. The van der Waals surface area contributed by atoms with Crippen LogP contribution in [-0.4, -0.2) is 35.3 Å². The van der Waals surface area contributed by atoms with Crippen LogP contribution in [0.5, 0.6) is 5.75 Å². The highest BCUT2D eigenvalue weighted by Gasteiger charge is 2.17. The van der Waals surface area contributed by atoms with Crippen molar-refractivity contribution in [3.63, 3.8) is 0 Å². The summed E-state index contributed by atoms with van der Waals surface area (Å²) in [5.41, 5.74) is 3.58. The number of hydrogen-bond acceptors (Lipinski definition) is 3. The minimum absolute atomic E-state index is 0.958. The van der Waals surface area contributed by atoms with Crippen LogP contribution < -0.4 is 4.74 Å². The van der Waals surface area contributed by atoms with Crippen LogP contribution in [0.1, 0.15) is 30.4 Å². The van der Waals surface area contributed by atoms with Gasteiger partial charge in [-0.2, -0.15) is 5.10 Å². The van der Waals surface area contributed by atoms with Crippen molar-refractivity contribution in [3.05, 3.63) is 23.4 Å². The third kappa shape index (κ3) is 2.32. The van der Waals surface area contributed by atoms with Gasteiger partial charge in [-0.1, -0.05) is 6.42 Å². The molecule has 0 saturated carbocycles. The second-order valence-corrected chi connectivity index (χ2v) is 5.37. The number of aromatic nitrogens is 2. The maximum absolute atomic E-state index is 5.58. The lowest BCUT2D eigenvalue weighted by Gasteiger charge is -2.27. The van der Waals surface area contributed by atoms with E-state index < -0.39 is 0 Å². The van der Waals surface area contributed by atoms with E-state index in [-0.39, 0.29) is 0 Å². The Morgan fingerprint density at radius 3 is 2.84 bits per heavy atom. The summed E-state index contributed by atoms with van der Waals surface area (Å²) in [6.45, 7) is 5.43. The molecule has 4 heteroatoms. The predicted octanol–water partition coefficient (Wildman–Crippen LogP) is 2.87. The number of nitrogens with zero attached hydrogens (tertiary/aromatic N) is 2. The number of aromatic amines is 1. The van der Waals surface area contributed by atoms with Gasteiger partial charge in [0.25, 0.3) is 0 Å². The molecular weight excluding hydrogens is 238 g/mol. The van der Waals surface area contributed by atoms with Crippen molar-refractivity contribution in [2.75, 3.05) is 20.2 Å². The average Bonchev–Trinajstić information content (AvgIpc) is 2.93. The van der Waals surface area contributed by atoms with Crippen LogP contribution in [-0.2, 0) is 6.54 Å². The molecule has 1 N–H and O–H groups in total. The Morgan fingerprint density at radius 1 is 1.32 bits per heavy atom. The molecule has 0 atom stereocenters. The number of H-pyrrole nitrogens is 1. The monoisotopic (exact) mass is 259 g/mol. The van der Waals surface area contributed by atoms with Gasteiger partial charge in [-0.15, -0.1) is 0 Å². The van der Waals surface area contributed by atoms with E-state index in [9.17, 15) is 0 Å². The Hall–Kier alpha value is -1.55. The van der Waals surface area contributed by atoms with Crippen LogP contribution in [0, 0.1) is 6.92 Å². The molecule has 1 aromatic carbocycles. The Labute approximate surface area is 113 Å². The summed E-state index contributed by atoms with van der Waals surface area (Å²) in [7, 11) is 1.75. The van der Waals surface area contributed by atoms with Gasteiger partial charge in [-0.3, -0.25) is 10.00 Å². The third-order valence-corrected chi connectivity index (χ3v) is 4.05. The van der Waals surface area contributed by atoms with E-state index in [1.807, 2.05) is 6.20 Å². The van der Waals surface area contributed by atoms with Crippen LogP contribution in [0.25, 0.3) is 10.9 Å². The Bertz CT molecular complexity index is 570. The number of benzene rings is 1. The number of methoxy groups -OCH3 is 1. The lowest BCUT2D eigenvalue weighted by molar-refractivity contribution is 0.219. The van der Waals surface area contributed by atoms with Gasteiger partial charge in [0.05, 0.1) is 18.8 Å². The first-order valence-corrected chi connectivity index (χ1v) is 7.01. The van der Waals surface area contributed by atoms with E-state index in [0.29, 0.717) is 0 Å². The fourth-order valence-electron chi connectivity index (χ4n) is 2.99. The molecule has 0 amide bonds. The van der Waals surface area contributed by atoms with Gasteiger partial charge in [-0.05, 0) is 44.5 Å². The van der Waals surface area contributed by atoms with Gasteiger partial charge in [0.1, 0.15) is 5.75 Å². The van der Waals surface area contributed by atoms with Crippen LogP contribution >= 0.6 is 0 Å². The lowest BCUT2D eigenvalue weighted by atomic mass is 10.0. The van der Waals surface area contributed by atoms with Gasteiger partial charge in [0.15, 0.2) is 0 Å². The summed E-state index contributed by atoms with van der Waals surface area (Å²) in [6.07, 6.45) is 5.90. The topological polar surface area (TPSA) is 41.1 Å². The van der Waals surface area contributed by atoms with E-state index in [4.69, 9.17) is 4.74 Å². The first-order valence-electron chi connectivity index (χ1n) is 7.01. The SMILES string of the molecule is COc1cc(C)c2[nH]ncc2c1CN1CCCCC1. The highest BCUT2D eigenvalue weighted by molar-refractivity contribution is 5.86. The van der Waals surface area contributed by atoms with Crippen molar-refractivity contribution in [2.24, 2.45) is 0 Å². The Kier molecular flexibility index (Phi) is 3.42. The minimum Gasteiger partial charge on any atom is -0.496 e. The summed E-state index contributed by atoms with van der Waals surface area (Å²) >= 11 is 0. The molecule has 1 aliphatic rings. The normalized spacial score (nSPS) is 16.9. The van der Waals surface area contributed by atoms with E-state index >= 15 is 0 Å². The molecule has 0 radical (unpaired) electrons. The highest BCUT2D eigenvalue weighted by Crippen LogP contribution is 2.31. The zero-order valence-electron chi connectivity index (χ0n) is 11.7. The van der Waals surface area contributed by atoms with Gasteiger partial charge >= 0.3 is 0 Å². The maximum Gasteiger partial charge on any atom is 0.124 e. The highest BCUT2D eigenvalue weighted by atomic mass is 16.5. The minimum atomic E-state index is 0.958. The van der Waals surface area contributed by atoms with Crippen molar-refractivity contribution in [1.29, 1.82) is 0 Å². The van der Waals surface area contributed by atoms with Gasteiger partial charge < -0.3 is 4.74 Å². The van der Waals surface area contributed by atoms with E-state index in [2.05, 4.69) is 28.1 Å². The average molecular weight is 259 g/mol. The van der Waals surface area contributed by atoms with Crippen molar-refractivity contribution < 1.29 is 4.74 Å². The van der Waals surface area contributed by atoms with Crippen molar-refractivity contribution in [2.45, 2.75) is 32.7 Å². The largest absolute Gasteiger partial charge is 0.496 e. The third-order valence-electron chi connectivity index (χ3n) is 4.05. The fraction of sp³-hybridized carbons (Fsp3) is 0.533. The molecule has 0 unspecified atom stereocenters. The molecule has 2 aromatic rings. The molecule has 1 fully saturated rings. The number of aryl methyl sites for hydroxylation is 1.